The fraction of sp³-hybridized carbons (Fsp3) is 0.125. The van der Waals surface area contributed by atoms with Crippen LogP contribution in [0, 0.1) is 0 Å². The van der Waals surface area contributed by atoms with E-state index in [1.807, 2.05) is 0 Å². The third-order valence-corrected chi connectivity index (χ3v) is 2.98. The number of aromatic nitrogens is 1. The summed E-state index contributed by atoms with van der Waals surface area (Å²) in [6.45, 7) is 1.62. The molecule has 7 heteroatoms. The lowest BCUT2D eigenvalue weighted by molar-refractivity contribution is -0.114. The van der Waals surface area contributed by atoms with Gasteiger partial charge in [0.05, 0.1) is 5.56 Å². The third-order valence-electron chi connectivity index (χ3n) is 2.98. The molecule has 1 aromatic heterocycles. The molecule has 7 nitrogen and oxygen atoms in total. The summed E-state index contributed by atoms with van der Waals surface area (Å²) in [4.78, 5) is 37.8. The molecule has 2 rings (SSSR count). The molecule has 23 heavy (non-hydrogen) atoms. The first-order valence-electron chi connectivity index (χ1n) is 6.80. The van der Waals surface area contributed by atoms with E-state index in [2.05, 4.69) is 15.6 Å². The highest BCUT2D eigenvalue weighted by molar-refractivity contribution is 5.96. The van der Waals surface area contributed by atoms with Crippen molar-refractivity contribution in [3.8, 4) is 0 Å². The average Bonchev–Trinajstić information content (AvgIpc) is 2.52. The van der Waals surface area contributed by atoms with Gasteiger partial charge in [0.1, 0.15) is 5.82 Å². The Kier molecular flexibility index (Phi) is 5.03. The van der Waals surface area contributed by atoms with E-state index in [0.29, 0.717) is 11.4 Å². The zero-order valence-corrected chi connectivity index (χ0v) is 12.4. The van der Waals surface area contributed by atoms with E-state index in [1.165, 1.54) is 37.4 Å². The predicted octanol–water partition coefficient (Wildman–Crippen LogP) is 1.67. The quantitative estimate of drug-likeness (QED) is 0.778. The minimum Gasteiger partial charge on any atom is -0.478 e. The number of carboxylic acids is 1. The van der Waals surface area contributed by atoms with Gasteiger partial charge in [-0.05, 0) is 29.8 Å². The zero-order valence-electron chi connectivity index (χ0n) is 12.4. The SMILES string of the molecule is CC(=O)Nc1cc(C(=O)NCc2ccc(C(=O)O)cc2)ccn1. The number of rotatable bonds is 5. The van der Waals surface area contributed by atoms with Crippen LogP contribution in [0.2, 0.25) is 0 Å². The van der Waals surface area contributed by atoms with Crippen LogP contribution in [0.4, 0.5) is 5.82 Å². The van der Waals surface area contributed by atoms with Crippen LogP contribution in [0.25, 0.3) is 0 Å². The Labute approximate surface area is 132 Å². The smallest absolute Gasteiger partial charge is 0.335 e. The summed E-state index contributed by atoms with van der Waals surface area (Å²) < 4.78 is 0. The second kappa shape index (κ2) is 7.17. The third kappa shape index (κ3) is 4.63. The van der Waals surface area contributed by atoms with E-state index < -0.39 is 5.97 Å². The second-order valence-corrected chi connectivity index (χ2v) is 4.80. The van der Waals surface area contributed by atoms with Gasteiger partial charge in [-0.1, -0.05) is 12.1 Å². The summed E-state index contributed by atoms with van der Waals surface area (Å²) in [7, 11) is 0. The number of nitrogens with one attached hydrogen (secondary N) is 2. The Bertz CT molecular complexity index is 741. The van der Waals surface area contributed by atoms with Gasteiger partial charge in [0.15, 0.2) is 0 Å². The summed E-state index contributed by atoms with van der Waals surface area (Å²) in [6.07, 6.45) is 1.43. The Balaban J connectivity index is 1.99. The van der Waals surface area contributed by atoms with Crippen molar-refractivity contribution in [2.24, 2.45) is 0 Å². The van der Waals surface area contributed by atoms with E-state index in [1.54, 1.807) is 12.1 Å². The number of hydrogen-bond donors (Lipinski definition) is 3. The first-order valence-corrected chi connectivity index (χ1v) is 6.80. The molecule has 118 valence electrons. The fourth-order valence-electron chi connectivity index (χ4n) is 1.87. The van der Waals surface area contributed by atoms with Crippen LogP contribution in [-0.4, -0.2) is 27.9 Å². The molecule has 1 heterocycles. The molecule has 0 fully saturated rings. The lowest BCUT2D eigenvalue weighted by atomic mass is 10.1. The van der Waals surface area contributed by atoms with Crippen LogP contribution < -0.4 is 10.6 Å². The van der Waals surface area contributed by atoms with Crippen molar-refractivity contribution in [1.29, 1.82) is 0 Å². The van der Waals surface area contributed by atoms with E-state index >= 15 is 0 Å². The normalized spacial score (nSPS) is 9.96. The predicted molar refractivity (Wildman–Crippen MR) is 83.1 cm³/mol. The van der Waals surface area contributed by atoms with Gasteiger partial charge in [0, 0.05) is 25.2 Å². The van der Waals surface area contributed by atoms with Crippen molar-refractivity contribution in [1.82, 2.24) is 10.3 Å². The van der Waals surface area contributed by atoms with Crippen LogP contribution >= 0.6 is 0 Å². The van der Waals surface area contributed by atoms with Crippen LogP contribution in [0.5, 0.6) is 0 Å². The molecule has 1 aromatic carbocycles. The van der Waals surface area contributed by atoms with Crippen molar-refractivity contribution in [2.75, 3.05) is 5.32 Å². The van der Waals surface area contributed by atoms with Crippen molar-refractivity contribution < 1.29 is 19.5 Å². The molecule has 0 bridgehead atoms. The second-order valence-electron chi connectivity index (χ2n) is 4.80. The van der Waals surface area contributed by atoms with Gasteiger partial charge in [0.2, 0.25) is 5.91 Å². The monoisotopic (exact) mass is 313 g/mol. The molecule has 0 aliphatic carbocycles. The molecule has 0 spiro atoms. The molecular weight excluding hydrogens is 298 g/mol. The number of carbonyl (C=O) groups excluding carboxylic acids is 2. The molecule has 0 saturated heterocycles. The summed E-state index contributed by atoms with van der Waals surface area (Å²) in [5.74, 6) is -1.28. The van der Waals surface area contributed by atoms with Crippen molar-refractivity contribution in [3.63, 3.8) is 0 Å². The number of amides is 2. The van der Waals surface area contributed by atoms with Crippen LogP contribution in [0.3, 0.4) is 0 Å². The molecule has 0 unspecified atom stereocenters. The fourth-order valence-corrected chi connectivity index (χ4v) is 1.87. The maximum atomic E-state index is 12.1. The number of carboxylic acid groups (broad SMARTS) is 1. The lowest BCUT2D eigenvalue weighted by Crippen LogP contribution is -2.23. The highest BCUT2D eigenvalue weighted by Crippen LogP contribution is 2.08. The number of benzene rings is 1. The maximum absolute atomic E-state index is 12.1. The number of anilines is 1. The Morgan fingerprint density at radius 1 is 1.09 bits per heavy atom. The van der Waals surface area contributed by atoms with Gasteiger partial charge < -0.3 is 15.7 Å². The summed E-state index contributed by atoms with van der Waals surface area (Å²) in [5, 5.41) is 14.0. The first-order chi connectivity index (χ1) is 11.0. The van der Waals surface area contributed by atoms with Crippen LogP contribution in [-0.2, 0) is 11.3 Å². The minimum absolute atomic E-state index is 0.189. The topological polar surface area (TPSA) is 108 Å². The summed E-state index contributed by atoms with van der Waals surface area (Å²) in [6, 6.07) is 9.24. The molecule has 0 atom stereocenters. The molecule has 0 aliphatic heterocycles. The standard InChI is InChI=1S/C16H15N3O4/c1-10(20)19-14-8-13(6-7-17-14)15(21)18-9-11-2-4-12(5-3-11)16(22)23/h2-8H,9H2,1H3,(H,18,21)(H,22,23)(H,17,19,20). The highest BCUT2D eigenvalue weighted by Gasteiger charge is 2.08. The number of nitrogens with zero attached hydrogens (tertiary/aromatic N) is 1. The minimum atomic E-state index is -0.997. The molecule has 3 N–H and O–H groups in total. The largest absolute Gasteiger partial charge is 0.478 e. The lowest BCUT2D eigenvalue weighted by Gasteiger charge is -2.07. The van der Waals surface area contributed by atoms with Crippen molar-refractivity contribution >= 4 is 23.6 Å². The highest BCUT2D eigenvalue weighted by atomic mass is 16.4. The van der Waals surface area contributed by atoms with E-state index in [4.69, 9.17) is 5.11 Å². The average molecular weight is 313 g/mol. The first kappa shape index (κ1) is 16.2. The van der Waals surface area contributed by atoms with Gasteiger partial charge in [-0.2, -0.15) is 0 Å². The van der Waals surface area contributed by atoms with Gasteiger partial charge in [-0.3, -0.25) is 9.59 Å². The Morgan fingerprint density at radius 2 is 1.78 bits per heavy atom. The molecule has 0 radical (unpaired) electrons. The molecule has 2 aromatic rings. The molecule has 2 amide bonds. The van der Waals surface area contributed by atoms with Crippen LogP contribution in [0.15, 0.2) is 42.6 Å². The maximum Gasteiger partial charge on any atom is 0.335 e. The molecular formula is C16H15N3O4. The van der Waals surface area contributed by atoms with Gasteiger partial charge in [-0.15, -0.1) is 0 Å². The number of hydrogen-bond acceptors (Lipinski definition) is 4. The number of carbonyl (C=O) groups is 3. The van der Waals surface area contributed by atoms with E-state index in [9.17, 15) is 14.4 Å². The number of pyridine rings is 1. The van der Waals surface area contributed by atoms with E-state index in [-0.39, 0.29) is 23.9 Å². The van der Waals surface area contributed by atoms with Crippen molar-refractivity contribution in [3.05, 3.63) is 59.3 Å². The van der Waals surface area contributed by atoms with Gasteiger partial charge in [0.25, 0.3) is 5.91 Å². The van der Waals surface area contributed by atoms with Crippen LogP contribution in [0.1, 0.15) is 33.2 Å². The Morgan fingerprint density at radius 3 is 2.39 bits per heavy atom. The van der Waals surface area contributed by atoms with Crippen molar-refractivity contribution in [2.45, 2.75) is 13.5 Å². The zero-order chi connectivity index (χ0) is 16.8. The van der Waals surface area contributed by atoms with Gasteiger partial charge in [-0.25, -0.2) is 9.78 Å². The van der Waals surface area contributed by atoms with Gasteiger partial charge >= 0.3 is 5.97 Å². The Hall–Kier alpha value is -3.22. The molecule has 0 saturated carbocycles. The number of aromatic carboxylic acids is 1. The summed E-state index contributed by atoms with van der Waals surface area (Å²) >= 11 is 0. The van der Waals surface area contributed by atoms with E-state index in [0.717, 1.165) is 5.56 Å². The summed E-state index contributed by atoms with van der Waals surface area (Å²) in [5.41, 5.74) is 1.33. The molecule has 0 aliphatic rings.